The van der Waals surface area contributed by atoms with Crippen molar-refractivity contribution in [2.75, 3.05) is 25.0 Å². The maximum atomic E-state index is 13.0. The highest BCUT2D eigenvalue weighted by atomic mass is 32.2. The fourth-order valence-electron chi connectivity index (χ4n) is 3.93. The van der Waals surface area contributed by atoms with Crippen molar-refractivity contribution in [1.29, 1.82) is 0 Å². The fourth-order valence-corrected chi connectivity index (χ4v) is 5.57. The summed E-state index contributed by atoms with van der Waals surface area (Å²) in [6, 6.07) is 20.4. The number of nitrogens with one attached hydrogen (secondary N) is 1. The minimum Gasteiger partial charge on any atom is -0.378 e. The third kappa shape index (κ3) is 4.40. The number of rotatable bonds is 6. The van der Waals surface area contributed by atoms with E-state index in [1.165, 1.54) is 10.4 Å². The first-order valence-electron chi connectivity index (χ1n) is 10.3. The minimum absolute atomic E-state index is 0.0998. The first-order chi connectivity index (χ1) is 14.4. The number of anilines is 1. The first-order valence-corrected chi connectivity index (χ1v) is 11.7. The third-order valence-electron chi connectivity index (χ3n) is 5.62. The summed E-state index contributed by atoms with van der Waals surface area (Å²) in [7, 11) is -3.58. The third-order valence-corrected chi connectivity index (χ3v) is 7.48. The predicted molar refractivity (Wildman–Crippen MR) is 120 cm³/mol. The molecule has 0 amide bonds. The van der Waals surface area contributed by atoms with Gasteiger partial charge in [0.25, 0.3) is 0 Å². The molecule has 0 spiro atoms. The van der Waals surface area contributed by atoms with Gasteiger partial charge in [0.05, 0.1) is 11.4 Å². The van der Waals surface area contributed by atoms with E-state index in [4.69, 9.17) is 0 Å². The summed E-state index contributed by atoms with van der Waals surface area (Å²) in [4.78, 5) is 12.9. The molecule has 156 valence electrons. The summed E-state index contributed by atoms with van der Waals surface area (Å²) >= 11 is 0. The van der Waals surface area contributed by atoms with Crippen molar-refractivity contribution in [3.63, 3.8) is 0 Å². The molecular weight excluding hydrogens is 396 g/mol. The van der Waals surface area contributed by atoms with Crippen LogP contribution < -0.4 is 5.32 Å². The highest BCUT2D eigenvalue weighted by Crippen LogP contribution is 2.24. The van der Waals surface area contributed by atoms with Gasteiger partial charge >= 0.3 is 0 Å². The van der Waals surface area contributed by atoms with Gasteiger partial charge in [-0.05, 0) is 53.8 Å². The van der Waals surface area contributed by atoms with Crippen LogP contribution in [-0.2, 0) is 10.0 Å². The van der Waals surface area contributed by atoms with Crippen LogP contribution in [0.1, 0.15) is 30.1 Å². The number of hydrogen-bond donors (Lipinski definition) is 1. The van der Waals surface area contributed by atoms with Crippen LogP contribution in [0, 0.1) is 5.92 Å². The van der Waals surface area contributed by atoms with E-state index in [9.17, 15) is 13.2 Å². The van der Waals surface area contributed by atoms with Crippen LogP contribution in [0.2, 0.25) is 0 Å². The van der Waals surface area contributed by atoms with Crippen molar-refractivity contribution in [2.24, 2.45) is 5.92 Å². The maximum Gasteiger partial charge on any atom is 0.243 e. The molecule has 1 saturated heterocycles. The quantitative estimate of drug-likeness (QED) is 0.592. The van der Waals surface area contributed by atoms with Gasteiger partial charge in [-0.1, -0.05) is 49.4 Å². The van der Waals surface area contributed by atoms with Crippen molar-refractivity contribution < 1.29 is 13.2 Å². The molecule has 1 N–H and O–H groups in total. The molecule has 1 fully saturated rings. The van der Waals surface area contributed by atoms with Gasteiger partial charge in [-0.3, -0.25) is 4.79 Å². The molecule has 6 heteroatoms. The average molecular weight is 423 g/mol. The second-order valence-corrected chi connectivity index (χ2v) is 9.91. The zero-order valence-electron chi connectivity index (χ0n) is 17.0. The van der Waals surface area contributed by atoms with Crippen LogP contribution in [0.15, 0.2) is 71.6 Å². The fraction of sp³-hybridized carbons (Fsp3) is 0.292. The molecule has 0 bridgehead atoms. The molecule has 5 nitrogen and oxygen atoms in total. The Kier molecular flexibility index (Phi) is 5.88. The lowest BCUT2D eigenvalue weighted by Crippen LogP contribution is -2.39. The normalized spacial score (nSPS) is 17.7. The van der Waals surface area contributed by atoms with Gasteiger partial charge in [0.15, 0.2) is 5.78 Å². The first kappa shape index (κ1) is 20.6. The summed E-state index contributed by atoms with van der Waals surface area (Å²) in [5.41, 5.74) is 1.25. The molecule has 0 radical (unpaired) electrons. The zero-order chi connectivity index (χ0) is 21.1. The molecule has 1 unspecified atom stereocenters. The Morgan fingerprint density at radius 2 is 1.83 bits per heavy atom. The molecule has 1 atom stereocenters. The topological polar surface area (TPSA) is 66.5 Å². The largest absolute Gasteiger partial charge is 0.378 e. The van der Waals surface area contributed by atoms with Crippen LogP contribution in [0.5, 0.6) is 0 Å². The number of sulfonamides is 1. The van der Waals surface area contributed by atoms with E-state index in [0.717, 1.165) is 29.3 Å². The van der Waals surface area contributed by atoms with Gasteiger partial charge < -0.3 is 5.32 Å². The van der Waals surface area contributed by atoms with Gasteiger partial charge in [0.2, 0.25) is 10.0 Å². The van der Waals surface area contributed by atoms with E-state index in [1.807, 2.05) is 42.5 Å². The number of carbonyl (C=O) groups is 1. The second kappa shape index (κ2) is 8.58. The van der Waals surface area contributed by atoms with E-state index in [2.05, 4.69) is 12.2 Å². The number of benzene rings is 3. The van der Waals surface area contributed by atoms with Crippen LogP contribution in [-0.4, -0.2) is 38.1 Å². The summed E-state index contributed by atoms with van der Waals surface area (Å²) in [5, 5.41) is 5.39. The summed E-state index contributed by atoms with van der Waals surface area (Å²) in [5.74, 6) is 0.205. The van der Waals surface area contributed by atoms with Crippen LogP contribution in [0.25, 0.3) is 10.8 Å². The van der Waals surface area contributed by atoms with Crippen LogP contribution in [0.3, 0.4) is 0 Å². The Morgan fingerprint density at radius 3 is 2.63 bits per heavy atom. The molecule has 30 heavy (non-hydrogen) atoms. The Balaban J connectivity index is 1.48. The number of carbonyl (C=O) groups excluding carboxylic acids is 1. The lowest BCUT2D eigenvalue weighted by Gasteiger charge is -2.30. The number of Topliss-reactive ketones (excluding diaryl/α,β-unsaturated/α-hetero) is 1. The van der Waals surface area contributed by atoms with Crippen molar-refractivity contribution in [3.8, 4) is 0 Å². The molecule has 3 aromatic carbocycles. The minimum atomic E-state index is -3.58. The Bertz CT molecular complexity index is 1170. The van der Waals surface area contributed by atoms with E-state index in [1.54, 1.807) is 18.2 Å². The number of hydrogen-bond acceptors (Lipinski definition) is 4. The SMILES string of the molecule is CC1CCCN(S(=O)(=O)c2cccc(C(=O)CNc3ccc4ccccc4c3)c2)C1. The molecule has 0 aromatic heterocycles. The number of fused-ring (bicyclic) bond motifs is 1. The standard InChI is InChI=1S/C24H26N2O3S/c1-18-6-5-13-26(17-18)30(28,29)23-10-4-9-21(15-23)24(27)16-25-22-12-11-19-7-2-3-8-20(19)14-22/h2-4,7-12,14-15,18,25H,5-6,13,16-17H2,1H3. The van der Waals surface area contributed by atoms with Crippen LogP contribution in [0.4, 0.5) is 5.69 Å². The maximum absolute atomic E-state index is 13.0. The van der Waals surface area contributed by atoms with Gasteiger partial charge in [-0.15, -0.1) is 0 Å². The molecule has 3 aromatic rings. The highest BCUT2D eigenvalue weighted by Gasteiger charge is 2.29. The number of nitrogens with zero attached hydrogens (tertiary/aromatic N) is 1. The van der Waals surface area contributed by atoms with Crippen molar-refractivity contribution >= 4 is 32.3 Å². The molecule has 1 heterocycles. The van der Waals surface area contributed by atoms with Gasteiger partial charge in [0.1, 0.15) is 0 Å². The van der Waals surface area contributed by atoms with E-state index < -0.39 is 10.0 Å². The molecule has 1 aliphatic heterocycles. The average Bonchev–Trinajstić information content (AvgIpc) is 2.77. The Labute approximate surface area is 177 Å². The molecule has 4 rings (SSSR count). The molecule has 0 saturated carbocycles. The van der Waals surface area contributed by atoms with Gasteiger partial charge in [-0.25, -0.2) is 8.42 Å². The zero-order valence-corrected chi connectivity index (χ0v) is 17.9. The van der Waals surface area contributed by atoms with Crippen LogP contribution >= 0.6 is 0 Å². The van der Waals surface area contributed by atoms with E-state index in [0.29, 0.717) is 24.6 Å². The van der Waals surface area contributed by atoms with Crippen molar-refractivity contribution in [2.45, 2.75) is 24.7 Å². The lowest BCUT2D eigenvalue weighted by atomic mass is 10.0. The Hall–Kier alpha value is -2.70. The van der Waals surface area contributed by atoms with Gasteiger partial charge in [-0.2, -0.15) is 4.31 Å². The summed E-state index contributed by atoms with van der Waals surface area (Å²) < 4.78 is 27.6. The second-order valence-electron chi connectivity index (χ2n) is 7.98. The monoisotopic (exact) mass is 422 g/mol. The van der Waals surface area contributed by atoms with Crippen molar-refractivity contribution in [1.82, 2.24) is 4.31 Å². The number of ketones is 1. The molecular formula is C24H26N2O3S. The smallest absolute Gasteiger partial charge is 0.243 e. The summed E-state index contributed by atoms with van der Waals surface area (Å²) in [6.45, 7) is 3.24. The van der Waals surface area contributed by atoms with E-state index >= 15 is 0 Å². The number of piperidine rings is 1. The van der Waals surface area contributed by atoms with Crippen molar-refractivity contribution in [3.05, 3.63) is 72.3 Å². The van der Waals surface area contributed by atoms with E-state index in [-0.39, 0.29) is 17.2 Å². The predicted octanol–water partition coefficient (Wildman–Crippen LogP) is 4.56. The molecule has 1 aliphatic rings. The van der Waals surface area contributed by atoms with Gasteiger partial charge in [0, 0.05) is 24.3 Å². The lowest BCUT2D eigenvalue weighted by molar-refractivity contribution is 0.101. The summed E-state index contributed by atoms with van der Waals surface area (Å²) in [6.07, 6.45) is 1.92. The highest BCUT2D eigenvalue weighted by molar-refractivity contribution is 7.89. The molecule has 0 aliphatic carbocycles. The Morgan fingerprint density at radius 1 is 1.03 bits per heavy atom.